The largest absolute Gasteiger partial charge is 0.377 e. The summed E-state index contributed by atoms with van der Waals surface area (Å²) in [5, 5.41) is 9.43. The number of rotatable bonds is 4. The van der Waals surface area contributed by atoms with Gasteiger partial charge in [-0.15, -0.1) is 0 Å². The van der Waals surface area contributed by atoms with Crippen molar-refractivity contribution in [1.82, 2.24) is 9.30 Å². The van der Waals surface area contributed by atoms with Crippen molar-refractivity contribution < 1.29 is 4.74 Å². The van der Waals surface area contributed by atoms with Crippen molar-refractivity contribution in [2.24, 2.45) is 0 Å². The lowest BCUT2D eigenvalue weighted by atomic mass is 10.1. The first-order valence-corrected chi connectivity index (χ1v) is 7.57. The number of nitriles is 1. The van der Waals surface area contributed by atoms with Gasteiger partial charge in [0, 0.05) is 37.7 Å². The van der Waals surface area contributed by atoms with Gasteiger partial charge in [0.15, 0.2) is 0 Å². The van der Waals surface area contributed by atoms with Gasteiger partial charge in [0.2, 0.25) is 0 Å². The zero-order valence-corrected chi connectivity index (χ0v) is 12.5. The van der Waals surface area contributed by atoms with Crippen LogP contribution >= 0.6 is 0 Å². The highest BCUT2D eigenvalue weighted by Gasteiger charge is 2.17. The minimum Gasteiger partial charge on any atom is -0.377 e. The number of fused-ring (bicyclic) bond motifs is 1. The van der Waals surface area contributed by atoms with E-state index in [-0.39, 0.29) is 0 Å². The summed E-state index contributed by atoms with van der Waals surface area (Å²) in [5.74, 6) is 0. The van der Waals surface area contributed by atoms with Gasteiger partial charge in [-0.1, -0.05) is 6.07 Å². The van der Waals surface area contributed by atoms with E-state index in [1.54, 1.807) is 0 Å². The molecule has 0 amide bonds. The third kappa shape index (κ3) is 3.10. The molecule has 0 radical (unpaired) electrons. The molecule has 2 aromatic rings. The molecule has 0 bridgehead atoms. The molecule has 1 atom stereocenters. The topological polar surface area (TPSA) is 40.7 Å². The first-order chi connectivity index (χ1) is 10.3. The molecule has 0 aromatic carbocycles. The standard InChI is InChI=1S/C17H21N3O/c1-19(13-15-6-3-5-9-21-15)11-14-12-20-8-4-2-7-17(20)16(14)10-18/h2,4,7-8,12,15H,3,5-6,9,11,13H2,1H3. The lowest BCUT2D eigenvalue weighted by Crippen LogP contribution is -2.33. The van der Waals surface area contributed by atoms with Crippen LogP contribution in [0, 0.1) is 11.3 Å². The summed E-state index contributed by atoms with van der Waals surface area (Å²) in [5.41, 5.74) is 2.85. The lowest BCUT2D eigenvalue weighted by molar-refractivity contribution is -0.00259. The fourth-order valence-corrected chi connectivity index (χ4v) is 3.08. The normalized spacial score (nSPS) is 19.0. The summed E-state index contributed by atoms with van der Waals surface area (Å²) >= 11 is 0. The highest BCUT2D eigenvalue weighted by molar-refractivity contribution is 5.65. The van der Waals surface area contributed by atoms with Crippen LogP contribution in [0.15, 0.2) is 30.6 Å². The van der Waals surface area contributed by atoms with Gasteiger partial charge in [0.05, 0.1) is 17.2 Å². The molecule has 0 spiro atoms. The Morgan fingerprint density at radius 2 is 2.33 bits per heavy atom. The van der Waals surface area contributed by atoms with E-state index >= 15 is 0 Å². The van der Waals surface area contributed by atoms with Gasteiger partial charge < -0.3 is 9.14 Å². The molecule has 1 fully saturated rings. The number of nitrogens with zero attached hydrogens (tertiary/aromatic N) is 3. The van der Waals surface area contributed by atoms with Crippen molar-refractivity contribution in [3.05, 3.63) is 41.7 Å². The number of hydrogen-bond donors (Lipinski definition) is 0. The van der Waals surface area contributed by atoms with E-state index in [4.69, 9.17) is 4.74 Å². The fourth-order valence-electron chi connectivity index (χ4n) is 3.08. The van der Waals surface area contributed by atoms with Crippen LogP contribution in [-0.4, -0.2) is 35.6 Å². The Labute approximate surface area is 125 Å². The van der Waals surface area contributed by atoms with Crippen LogP contribution in [0.2, 0.25) is 0 Å². The van der Waals surface area contributed by atoms with Gasteiger partial charge in [-0.2, -0.15) is 5.26 Å². The molecule has 2 aromatic heterocycles. The van der Waals surface area contributed by atoms with Crippen LogP contribution in [0.25, 0.3) is 5.52 Å². The first-order valence-electron chi connectivity index (χ1n) is 7.57. The van der Waals surface area contributed by atoms with Crippen molar-refractivity contribution in [2.45, 2.75) is 31.9 Å². The second-order valence-electron chi connectivity index (χ2n) is 5.82. The van der Waals surface area contributed by atoms with Crippen LogP contribution in [0.5, 0.6) is 0 Å². The van der Waals surface area contributed by atoms with E-state index in [1.165, 1.54) is 12.8 Å². The van der Waals surface area contributed by atoms with Crippen LogP contribution in [-0.2, 0) is 11.3 Å². The summed E-state index contributed by atoms with van der Waals surface area (Å²) in [6.07, 6.45) is 7.98. The van der Waals surface area contributed by atoms with Crippen molar-refractivity contribution in [3.8, 4) is 6.07 Å². The molecule has 3 rings (SSSR count). The summed E-state index contributed by atoms with van der Waals surface area (Å²) in [6.45, 7) is 2.60. The molecule has 0 N–H and O–H groups in total. The maximum atomic E-state index is 9.43. The van der Waals surface area contributed by atoms with Crippen LogP contribution in [0.4, 0.5) is 0 Å². The van der Waals surface area contributed by atoms with E-state index in [0.717, 1.165) is 42.8 Å². The predicted molar refractivity (Wildman–Crippen MR) is 82.0 cm³/mol. The van der Waals surface area contributed by atoms with Gasteiger partial charge in [0.1, 0.15) is 6.07 Å². The third-order valence-electron chi connectivity index (χ3n) is 4.10. The smallest absolute Gasteiger partial charge is 0.102 e. The number of ether oxygens (including phenoxy) is 1. The molecular formula is C17H21N3O. The molecule has 1 saturated heterocycles. The monoisotopic (exact) mass is 283 g/mol. The van der Waals surface area contributed by atoms with Gasteiger partial charge >= 0.3 is 0 Å². The number of hydrogen-bond acceptors (Lipinski definition) is 3. The Kier molecular flexibility index (Phi) is 4.23. The van der Waals surface area contributed by atoms with Crippen molar-refractivity contribution in [2.75, 3.05) is 20.2 Å². The van der Waals surface area contributed by atoms with Gasteiger partial charge in [-0.25, -0.2) is 0 Å². The molecule has 1 aliphatic rings. The Morgan fingerprint density at radius 1 is 1.43 bits per heavy atom. The maximum absolute atomic E-state index is 9.43. The van der Waals surface area contributed by atoms with Crippen LogP contribution in [0.3, 0.4) is 0 Å². The molecule has 4 nitrogen and oxygen atoms in total. The second kappa shape index (κ2) is 6.30. The molecule has 1 aliphatic heterocycles. The molecule has 110 valence electrons. The maximum Gasteiger partial charge on any atom is 0.102 e. The zero-order chi connectivity index (χ0) is 14.7. The number of aromatic nitrogens is 1. The van der Waals surface area contributed by atoms with Crippen molar-refractivity contribution >= 4 is 5.52 Å². The van der Waals surface area contributed by atoms with Crippen molar-refractivity contribution in [3.63, 3.8) is 0 Å². The second-order valence-corrected chi connectivity index (χ2v) is 5.82. The van der Waals surface area contributed by atoms with E-state index in [0.29, 0.717) is 6.10 Å². The summed E-state index contributed by atoms with van der Waals surface area (Å²) in [4.78, 5) is 2.26. The van der Waals surface area contributed by atoms with Gasteiger partial charge in [0.25, 0.3) is 0 Å². The predicted octanol–water partition coefficient (Wildman–Crippen LogP) is 2.81. The quantitative estimate of drug-likeness (QED) is 0.866. The molecule has 4 heteroatoms. The molecule has 0 aliphatic carbocycles. The number of likely N-dealkylation sites (N-methyl/N-ethyl adjacent to an activating group) is 1. The molecule has 0 saturated carbocycles. The molecule has 1 unspecified atom stereocenters. The first kappa shape index (κ1) is 14.1. The molecule has 21 heavy (non-hydrogen) atoms. The Morgan fingerprint density at radius 3 is 3.10 bits per heavy atom. The highest BCUT2D eigenvalue weighted by Crippen LogP contribution is 2.20. The minimum atomic E-state index is 0.339. The minimum absolute atomic E-state index is 0.339. The van der Waals surface area contributed by atoms with E-state index in [1.807, 2.05) is 28.8 Å². The summed E-state index contributed by atoms with van der Waals surface area (Å²) in [7, 11) is 2.10. The van der Waals surface area contributed by atoms with E-state index in [2.05, 4.69) is 24.2 Å². The highest BCUT2D eigenvalue weighted by atomic mass is 16.5. The summed E-state index contributed by atoms with van der Waals surface area (Å²) < 4.78 is 7.82. The average Bonchev–Trinajstić information content (AvgIpc) is 2.85. The van der Waals surface area contributed by atoms with Gasteiger partial charge in [-0.3, -0.25) is 4.90 Å². The summed E-state index contributed by atoms with van der Waals surface area (Å²) in [6, 6.07) is 8.30. The van der Waals surface area contributed by atoms with Gasteiger partial charge in [-0.05, 0) is 38.4 Å². The van der Waals surface area contributed by atoms with Crippen LogP contribution < -0.4 is 0 Å². The fraction of sp³-hybridized carbons (Fsp3) is 0.471. The molecular weight excluding hydrogens is 262 g/mol. The Hall–Kier alpha value is -1.83. The van der Waals surface area contributed by atoms with Crippen molar-refractivity contribution in [1.29, 1.82) is 5.26 Å². The third-order valence-corrected chi connectivity index (χ3v) is 4.10. The lowest BCUT2D eigenvalue weighted by Gasteiger charge is -2.27. The Bertz CT molecular complexity index is 650. The SMILES string of the molecule is CN(Cc1cn2ccccc2c1C#N)CC1CCCCO1. The van der Waals surface area contributed by atoms with E-state index in [9.17, 15) is 5.26 Å². The van der Waals surface area contributed by atoms with E-state index < -0.39 is 0 Å². The Balaban J connectivity index is 1.73. The van der Waals surface area contributed by atoms with Crippen LogP contribution in [0.1, 0.15) is 30.4 Å². The number of pyridine rings is 1. The zero-order valence-electron chi connectivity index (χ0n) is 12.5. The average molecular weight is 283 g/mol. The molecule has 3 heterocycles.